The number of piperazine rings is 1. The highest BCUT2D eigenvalue weighted by atomic mass is 15.4. The molecule has 1 aliphatic heterocycles. The zero-order valence-corrected chi connectivity index (χ0v) is 9.62. The van der Waals surface area contributed by atoms with Crippen molar-refractivity contribution in [3.05, 3.63) is 0 Å². The average molecular weight is 216 g/mol. The van der Waals surface area contributed by atoms with Crippen LogP contribution < -0.4 is 22.5 Å². The average Bonchev–Trinajstić information content (AvgIpc) is 2.23. The molecule has 0 aromatic carbocycles. The van der Waals surface area contributed by atoms with Crippen LogP contribution in [0.25, 0.3) is 0 Å². The molecule has 1 fully saturated rings. The van der Waals surface area contributed by atoms with Crippen LogP contribution in [0.4, 0.5) is 0 Å². The number of quaternary nitrogens is 1. The van der Waals surface area contributed by atoms with Crippen LogP contribution in [-0.2, 0) is 0 Å². The van der Waals surface area contributed by atoms with Crippen LogP contribution >= 0.6 is 0 Å². The number of hydrogen-bond donors (Lipinski definition) is 4. The van der Waals surface area contributed by atoms with Crippen LogP contribution in [0.1, 0.15) is 6.42 Å². The predicted molar refractivity (Wildman–Crippen MR) is 63.3 cm³/mol. The lowest BCUT2D eigenvalue weighted by atomic mass is 10.0. The molecule has 1 saturated heterocycles. The summed E-state index contributed by atoms with van der Waals surface area (Å²) in [5.41, 5.74) is 17.1. The molecule has 0 aromatic rings. The molecular weight excluding hydrogens is 190 g/mol. The molecule has 0 amide bonds. The summed E-state index contributed by atoms with van der Waals surface area (Å²) in [6, 6.07) is 0.593. The lowest BCUT2D eigenvalue weighted by Crippen LogP contribution is -2.67. The Hall–Kier alpha value is -0.200. The molecule has 0 bridgehead atoms. The first-order valence-electron chi connectivity index (χ1n) is 5.96. The first kappa shape index (κ1) is 12.9. The van der Waals surface area contributed by atoms with E-state index in [9.17, 15) is 0 Å². The number of rotatable bonds is 6. The Labute approximate surface area is 92.6 Å². The van der Waals surface area contributed by atoms with E-state index in [2.05, 4.69) is 5.32 Å². The maximum atomic E-state index is 5.73. The fourth-order valence-corrected chi connectivity index (χ4v) is 2.73. The standard InChI is InChI=1S/C10H26N5/c11-2-1-10-9-14-5-8-15(10,6-3-12)7-4-13/h10,14H,1-9,11-13H2/q+1. The van der Waals surface area contributed by atoms with E-state index < -0.39 is 0 Å². The van der Waals surface area contributed by atoms with Gasteiger partial charge < -0.3 is 27.0 Å². The minimum Gasteiger partial charge on any atom is -0.330 e. The van der Waals surface area contributed by atoms with Gasteiger partial charge in [-0.1, -0.05) is 0 Å². The first-order valence-corrected chi connectivity index (χ1v) is 5.96. The molecule has 15 heavy (non-hydrogen) atoms. The fourth-order valence-electron chi connectivity index (χ4n) is 2.73. The molecule has 0 aromatic heterocycles. The van der Waals surface area contributed by atoms with E-state index in [4.69, 9.17) is 17.2 Å². The molecule has 90 valence electrons. The van der Waals surface area contributed by atoms with Gasteiger partial charge in [-0.05, 0) is 6.54 Å². The van der Waals surface area contributed by atoms with Crippen molar-refractivity contribution in [2.75, 3.05) is 52.4 Å². The normalized spacial score (nSPS) is 25.4. The van der Waals surface area contributed by atoms with Crippen LogP contribution in [0.3, 0.4) is 0 Å². The Morgan fingerprint density at radius 3 is 2.27 bits per heavy atom. The fraction of sp³-hybridized carbons (Fsp3) is 1.00. The van der Waals surface area contributed by atoms with Gasteiger partial charge in [0.15, 0.2) is 0 Å². The zero-order valence-electron chi connectivity index (χ0n) is 9.62. The SMILES string of the molecule is NCCC1CNCC[N+]1(CCN)CCN. The molecular formula is C10H26N5+. The van der Waals surface area contributed by atoms with Crippen LogP contribution in [0.5, 0.6) is 0 Å². The summed E-state index contributed by atoms with van der Waals surface area (Å²) in [5.74, 6) is 0. The Morgan fingerprint density at radius 1 is 1.07 bits per heavy atom. The van der Waals surface area contributed by atoms with E-state index in [0.717, 1.165) is 63.3 Å². The van der Waals surface area contributed by atoms with E-state index in [1.54, 1.807) is 0 Å². The quantitative estimate of drug-likeness (QED) is 0.388. The third-order valence-corrected chi connectivity index (χ3v) is 3.54. The summed E-state index contributed by atoms with van der Waals surface area (Å²) in [6.45, 7) is 7.55. The second kappa shape index (κ2) is 6.40. The molecule has 5 nitrogen and oxygen atoms in total. The second-order valence-corrected chi connectivity index (χ2v) is 4.40. The van der Waals surface area contributed by atoms with Gasteiger partial charge >= 0.3 is 0 Å². The van der Waals surface area contributed by atoms with Gasteiger partial charge in [0.1, 0.15) is 6.04 Å². The van der Waals surface area contributed by atoms with Crippen molar-refractivity contribution in [3.8, 4) is 0 Å². The molecule has 0 radical (unpaired) electrons. The molecule has 0 spiro atoms. The minimum atomic E-state index is 0.593. The van der Waals surface area contributed by atoms with E-state index in [1.165, 1.54) is 0 Å². The van der Waals surface area contributed by atoms with Gasteiger partial charge in [-0.3, -0.25) is 0 Å². The Bertz CT molecular complexity index is 160. The van der Waals surface area contributed by atoms with E-state index in [0.29, 0.717) is 6.04 Å². The van der Waals surface area contributed by atoms with Crippen LogP contribution in [0, 0.1) is 0 Å². The van der Waals surface area contributed by atoms with Gasteiger partial charge in [-0.25, -0.2) is 0 Å². The first-order chi connectivity index (χ1) is 7.29. The van der Waals surface area contributed by atoms with Crippen LogP contribution in [0.2, 0.25) is 0 Å². The molecule has 1 atom stereocenters. The van der Waals surface area contributed by atoms with E-state index >= 15 is 0 Å². The molecule has 1 heterocycles. The summed E-state index contributed by atoms with van der Waals surface area (Å²) in [4.78, 5) is 0. The largest absolute Gasteiger partial charge is 0.330 e. The minimum absolute atomic E-state index is 0.593. The number of nitrogens with two attached hydrogens (primary N) is 3. The van der Waals surface area contributed by atoms with Gasteiger partial charge in [0.25, 0.3) is 0 Å². The van der Waals surface area contributed by atoms with E-state index in [-0.39, 0.29) is 0 Å². The molecule has 1 aliphatic rings. The van der Waals surface area contributed by atoms with Crippen molar-refractivity contribution in [1.82, 2.24) is 5.32 Å². The highest BCUT2D eigenvalue weighted by molar-refractivity contribution is 4.71. The second-order valence-electron chi connectivity index (χ2n) is 4.40. The lowest BCUT2D eigenvalue weighted by molar-refractivity contribution is -0.950. The molecule has 0 saturated carbocycles. The van der Waals surface area contributed by atoms with Crippen LogP contribution in [-0.4, -0.2) is 62.9 Å². The molecule has 1 rings (SSSR count). The van der Waals surface area contributed by atoms with Gasteiger partial charge in [0.05, 0.1) is 19.6 Å². The zero-order chi connectivity index (χ0) is 11.1. The van der Waals surface area contributed by atoms with Crippen molar-refractivity contribution in [3.63, 3.8) is 0 Å². The van der Waals surface area contributed by atoms with E-state index in [1.807, 2.05) is 0 Å². The highest BCUT2D eigenvalue weighted by Crippen LogP contribution is 2.17. The maximum Gasteiger partial charge on any atom is 0.103 e. The summed E-state index contributed by atoms with van der Waals surface area (Å²) in [5, 5.41) is 3.44. The number of nitrogens with one attached hydrogen (secondary N) is 1. The summed E-state index contributed by atoms with van der Waals surface area (Å²) in [6.07, 6.45) is 1.06. The Balaban J connectivity index is 2.68. The number of nitrogens with zero attached hydrogens (tertiary/aromatic N) is 1. The molecule has 0 aliphatic carbocycles. The van der Waals surface area contributed by atoms with Gasteiger partial charge in [0, 0.05) is 32.6 Å². The maximum absolute atomic E-state index is 5.73. The van der Waals surface area contributed by atoms with Crippen molar-refractivity contribution in [2.45, 2.75) is 12.5 Å². The van der Waals surface area contributed by atoms with Crippen LogP contribution in [0.15, 0.2) is 0 Å². The highest BCUT2D eigenvalue weighted by Gasteiger charge is 2.37. The molecule has 1 unspecified atom stereocenters. The predicted octanol–water partition coefficient (Wildman–Crippen LogP) is -1.96. The van der Waals surface area contributed by atoms with Gasteiger partial charge in [-0.15, -0.1) is 0 Å². The lowest BCUT2D eigenvalue weighted by Gasteiger charge is -2.48. The molecule has 5 heteroatoms. The monoisotopic (exact) mass is 216 g/mol. The molecule has 7 N–H and O–H groups in total. The summed E-state index contributed by atoms with van der Waals surface area (Å²) < 4.78 is 1.07. The third kappa shape index (κ3) is 3.12. The Morgan fingerprint density at radius 2 is 1.73 bits per heavy atom. The number of hydrogen-bond acceptors (Lipinski definition) is 4. The smallest absolute Gasteiger partial charge is 0.103 e. The van der Waals surface area contributed by atoms with Gasteiger partial charge in [0.2, 0.25) is 0 Å². The topological polar surface area (TPSA) is 90.1 Å². The third-order valence-electron chi connectivity index (χ3n) is 3.54. The van der Waals surface area contributed by atoms with Crippen molar-refractivity contribution in [2.24, 2.45) is 17.2 Å². The van der Waals surface area contributed by atoms with Crippen molar-refractivity contribution in [1.29, 1.82) is 0 Å². The van der Waals surface area contributed by atoms with Gasteiger partial charge in [-0.2, -0.15) is 0 Å². The summed E-state index contributed by atoms with van der Waals surface area (Å²) >= 11 is 0. The van der Waals surface area contributed by atoms with Crippen molar-refractivity contribution >= 4 is 0 Å². The summed E-state index contributed by atoms with van der Waals surface area (Å²) in [7, 11) is 0. The Kier molecular flexibility index (Phi) is 5.49. The van der Waals surface area contributed by atoms with Crippen molar-refractivity contribution < 1.29 is 4.48 Å².